The highest BCUT2D eigenvalue weighted by Crippen LogP contribution is 2.50. The molecule has 4 rings (SSSR count). The summed E-state index contributed by atoms with van der Waals surface area (Å²) in [4.78, 5) is 20.7. The molecule has 33 heavy (non-hydrogen) atoms. The molecule has 176 valence electrons. The van der Waals surface area contributed by atoms with Crippen LogP contribution in [0.4, 0.5) is 5.82 Å². The van der Waals surface area contributed by atoms with Gasteiger partial charge in [0.25, 0.3) is 0 Å². The number of nitrogens with one attached hydrogen (secondary N) is 1. The van der Waals surface area contributed by atoms with Gasteiger partial charge in [-0.2, -0.15) is 27.0 Å². The van der Waals surface area contributed by atoms with E-state index in [2.05, 4.69) is 35.4 Å². The predicted molar refractivity (Wildman–Crippen MR) is 141 cm³/mol. The Balaban J connectivity index is 0.00000193. The minimum atomic E-state index is -0.779. The maximum absolute atomic E-state index is 11.4. The second kappa shape index (κ2) is 11.4. The van der Waals surface area contributed by atoms with E-state index in [1.807, 2.05) is 44.2 Å². The molecule has 8 heteroatoms. The van der Waals surface area contributed by atoms with E-state index in [1.165, 1.54) is 11.1 Å². The first-order valence-electron chi connectivity index (χ1n) is 10.6. The van der Waals surface area contributed by atoms with Crippen LogP contribution in [0.2, 0.25) is 0 Å². The molecule has 0 spiro atoms. The minimum Gasteiger partial charge on any atom is -0.489 e. The second-order valence-corrected chi connectivity index (χ2v) is 8.31. The second-order valence-electron chi connectivity index (χ2n) is 8.31. The van der Waals surface area contributed by atoms with Gasteiger partial charge in [-0.15, -0.1) is 0 Å². The van der Waals surface area contributed by atoms with Gasteiger partial charge in [0.1, 0.15) is 11.6 Å². The lowest BCUT2D eigenvalue weighted by Crippen LogP contribution is -2.09. The summed E-state index contributed by atoms with van der Waals surface area (Å²) in [7, 11) is 0. The van der Waals surface area contributed by atoms with E-state index in [0.717, 1.165) is 22.8 Å². The SMILES string of the molecule is Cc1cccc(CNc2ccc(-c3ccc(OC(C)C)c([C@H]4C[C@@H]4C(=O)O)n3)cn2)c1.S.S. The Hall–Kier alpha value is -2.71. The third-order valence-electron chi connectivity index (χ3n) is 5.32. The average Bonchev–Trinajstić information content (AvgIpc) is 3.54. The van der Waals surface area contributed by atoms with E-state index in [-0.39, 0.29) is 44.9 Å². The van der Waals surface area contributed by atoms with E-state index < -0.39 is 5.97 Å². The summed E-state index contributed by atoms with van der Waals surface area (Å²) in [5.74, 6) is 0.187. The summed E-state index contributed by atoms with van der Waals surface area (Å²) in [5, 5.41) is 12.7. The molecular formula is C25H31N3O3S2. The topological polar surface area (TPSA) is 84.3 Å². The van der Waals surface area contributed by atoms with Crippen molar-refractivity contribution < 1.29 is 14.6 Å². The fraction of sp³-hybridized carbons (Fsp3) is 0.320. The van der Waals surface area contributed by atoms with Crippen LogP contribution >= 0.6 is 27.0 Å². The number of aryl methyl sites for hydroxylation is 1. The monoisotopic (exact) mass is 485 g/mol. The number of anilines is 1. The van der Waals surface area contributed by atoms with Crippen molar-refractivity contribution in [1.29, 1.82) is 0 Å². The van der Waals surface area contributed by atoms with Crippen molar-refractivity contribution in [2.24, 2.45) is 5.92 Å². The van der Waals surface area contributed by atoms with Gasteiger partial charge in [0.05, 0.1) is 23.4 Å². The molecule has 1 saturated carbocycles. The van der Waals surface area contributed by atoms with Crippen molar-refractivity contribution in [2.45, 2.75) is 45.8 Å². The molecule has 1 fully saturated rings. The number of nitrogens with zero attached hydrogens (tertiary/aromatic N) is 2. The summed E-state index contributed by atoms with van der Waals surface area (Å²) >= 11 is 0. The number of benzene rings is 1. The third-order valence-corrected chi connectivity index (χ3v) is 5.32. The van der Waals surface area contributed by atoms with Crippen LogP contribution in [0.1, 0.15) is 43.0 Å². The van der Waals surface area contributed by atoms with Crippen molar-refractivity contribution >= 4 is 38.8 Å². The third kappa shape index (κ3) is 6.65. The van der Waals surface area contributed by atoms with Crippen LogP contribution in [-0.4, -0.2) is 27.1 Å². The molecule has 2 aromatic heterocycles. The number of ether oxygens (including phenoxy) is 1. The quantitative estimate of drug-likeness (QED) is 0.452. The van der Waals surface area contributed by atoms with Crippen molar-refractivity contribution in [3.8, 4) is 17.0 Å². The number of rotatable bonds is 8. The van der Waals surface area contributed by atoms with E-state index in [9.17, 15) is 9.90 Å². The average molecular weight is 486 g/mol. The van der Waals surface area contributed by atoms with Crippen molar-refractivity contribution in [1.82, 2.24) is 9.97 Å². The zero-order chi connectivity index (χ0) is 22.0. The Kier molecular flexibility index (Phi) is 9.19. The summed E-state index contributed by atoms with van der Waals surface area (Å²) < 4.78 is 5.89. The first kappa shape index (κ1) is 26.5. The van der Waals surface area contributed by atoms with Gasteiger partial charge in [0.15, 0.2) is 0 Å². The van der Waals surface area contributed by atoms with Gasteiger partial charge in [-0.3, -0.25) is 4.79 Å². The number of carboxylic acids is 1. The van der Waals surface area contributed by atoms with Gasteiger partial charge in [-0.05, 0) is 57.0 Å². The van der Waals surface area contributed by atoms with Crippen LogP contribution in [0.3, 0.4) is 0 Å². The molecule has 0 unspecified atom stereocenters. The van der Waals surface area contributed by atoms with Gasteiger partial charge in [-0.1, -0.05) is 29.8 Å². The standard InChI is InChI=1S/C25H27N3O3.2H2S/c1-15(2)31-22-9-8-21(28-24(22)19-12-20(19)25(29)30)18-7-10-23(27-14-18)26-13-17-6-4-5-16(3)11-17;;/h4-11,14-15,19-20H,12-13H2,1-3H3,(H,26,27)(H,29,30);2*1H2/t19-,20-;;/m0../s1. The molecule has 6 nitrogen and oxygen atoms in total. The fourth-order valence-corrected chi connectivity index (χ4v) is 3.68. The maximum Gasteiger partial charge on any atom is 0.307 e. The van der Waals surface area contributed by atoms with Crippen LogP contribution in [0.25, 0.3) is 11.3 Å². The molecule has 1 aromatic carbocycles. The Morgan fingerprint density at radius 2 is 1.97 bits per heavy atom. The van der Waals surface area contributed by atoms with E-state index in [4.69, 9.17) is 9.72 Å². The van der Waals surface area contributed by atoms with Crippen LogP contribution < -0.4 is 10.1 Å². The fourth-order valence-electron chi connectivity index (χ4n) is 3.68. The zero-order valence-corrected chi connectivity index (χ0v) is 21.0. The molecule has 2 atom stereocenters. The molecule has 1 aliphatic rings. The predicted octanol–water partition coefficient (Wildman–Crippen LogP) is 5.27. The van der Waals surface area contributed by atoms with Crippen LogP contribution in [0, 0.1) is 12.8 Å². The van der Waals surface area contributed by atoms with Gasteiger partial charge in [-0.25, -0.2) is 9.97 Å². The molecule has 3 aromatic rings. The number of carbonyl (C=O) groups is 1. The Labute approximate surface area is 208 Å². The summed E-state index contributed by atoms with van der Waals surface area (Å²) in [6.07, 6.45) is 2.38. The van der Waals surface area contributed by atoms with Crippen molar-refractivity contribution in [3.63, 3.8) is 0 Å². The Morgan fingerprint density at radius 3 is 2.58 bits per heavy atom. The highest BCUT2D eigenvalue weighted by atomic mass is 32.1. The number of hydrogen-bond acceptors (Lipinski definition) is 5. The molecule has 2 heterocycles. The van der Waals surface area contributed by atoms with Crippen LogP contribution in [0.15, 0.2) is 54.7 Å². The number of pyridine rings is 2. The maximum atomic E-state index is 11.4. The first-order valence-corrected chi connectivity index (χ1v) is 10.6. The lowest BCUT2D eigenvalue weighted by Gasteiger charge is -2.15. The first-order chi connectivity index (χ1) is 14.9. The molecule has 0 aliphatic heterocycles. The van der Waals surface area contributed by atoms with Crippen molar-refractivity contribution in [3.05, 3.63) is 71.5 Å². The summed E-state index contributed by atoms with van der Waals surface area (Å²) in [6, 6.07) is 16.1. The molecule has 0 saturated heterocycles. The Morgan fingerprint density at radius 1 is 1.18 bits per heavy atom. The van der Waals surface area contributed by atoms with Gasteiger partial charge in [0, 0.05) is 24.2 Å². The molecule has 1 aliphatic carbocycles. The number of aromatic nitrogens is 2. The van der Waals surface area contributed by atoms with E-state index in [1.54, 1.807) is 6.20 Å². The number of aliphatic carboxylic acids is 1. The van der Waals surface area contributed by atoms with E-state index in [0.29, 0.717) is 18.7 Å². The normalized spacial score (nSPS) is 16.4. The van der Waals surface area contributed by atoms with Crippen LogP contribution in [-0.2, 0) is 11.3 Å². The highest BCUT2D eigenvalue weighted by Gasteiger charge is 2.47. The molecule has 2 N–H and O–H groups in total. The van der Waals surface area contributed by atoms with E-state index >= 15 is 0 Å². The van der Waals surface area contributed by atoms with Crippen molar-refractivity contribution in [2.75, 3.05) is 5.32 Å². The smallest absolute Gasteiger partial charge is 0.307 e. The molecule has 0 radical (unpaired) electrons. The number of hydrogen-bond donors (Lipinski definition) is 2. The highest BCUT2D eigenvalue weighted by molar-refractivity contribution is 7.59. The van der Waals surface area contributed by atoms with Gasteiger partial charge >= 0.3 is 5.97 Å². The van der Waals surface area contributed by atoms with Gasteiger partial charge < -0.3 is 15.2 Å². The molecule has 0 amide bonds. The molecule has 0 bridgehead atoms. The minimum absolute atomic E-state index is 0. The molecular weight excluding hydrogens is 454 g/mol. The lowest BCUT2D eigenvalue weighted by atomic mass is 10.1. The summed E-state index contributed by atoms with van der Waals surface area (Å²) in [6.45, 7) is 6.68. The van der Waals surface area contributed by atoms with Gasteiger partial charge in [0.2, 0.25) is 0 Å². The lowest BCUT2D eigenvalue weighted by molar-refractivity contribution is -0.138. The Bertz CT molecular complexity index is 1090. The van der Waals surface area contributed by atoms with Crippen LogP contribution in [0.5, 0.6) is 5.75 Å². The largest absolute Gasteiger partial charge is 0.489 e. The zero-order valence-electron chi connectivity index (χ0n) is 19.0. The number of carboxylic acid groups (broad SMARTS) is 1. The summed E-state index contributed by atoms with van der Waals surface area (Å²) in [5.41, 5.74) is 4.80.